The van der Waals surface area contributed by atoms with Crippen molar-refractivity contribution in [2.24, 2.45) is 20.4 Å². The Bertz CT molecular complexity index is 4570. The van der Waals surface area contributed by atoms with Gasteiger partial charge in [-0.25, -0.2) is 9.59 Å². The van der Waals surface area contributed by atoms with Crippen molar-refractivity contribution in [3.8, 4) is 56.4 Å². The molecule has 3 aliphatic carbocycles. The number of aromatic hydroxyl groups is 2. The lowest BCUT2D eigenvalue weighted by molar-refractivity contribution is 0.0443. The van der Waals surface area contributed by atoms with Gasteiger partial charge in [0.2, 0.25) is 0 Å². The van der Waals surface area contributed by atoms with Crippen LogP contribution in [0.3, 0.4) is 0 Å². The molecule has 10 aromatic rings. The normalized spacial score (nSPS) is 14.4. The van der Waals surface area contributed by atoms with Gasteiger partial charge < -0.3 is 29.2 Å². The molecule has 0 radical (unpaired) electrons. The van der Waals surface area contributed by atoms with Gasteiger partial charge in [-0.3, -0.25) is 0 Å². The second-order valence-corrected chi connectivity index (χ2v) is 29.7. The van der Waals surface area contributed by atoms with Crippen LogP contribution in [0.1, 0.15) is 182 Å². The van der Waals surface area contributed by atoms with Crippen molar-refractivity contribution in [2.75, 3.05) is 26.4 Å². The molecular formula is C87H82N4O8. The van der Waals surface area contributed by atoms with Crippen molar-refractivity contribution in [1.29, 1.82) is 0 Å². The van der Waals surface area contributed by atoms with E-state index in [1.165, 1.54) is 0 Å². The fourth-order valence-electron chi connectivity index (χ4n) is 14.2. The molecule has 3 aliphatic rings. The smallest absolute Gasteiger partial charge is 0.338 e. The highest BCUT2D eigenvalue weighted by molar-refractivity contribution is 6.27. The van der Waals surface area contributed by atoms with Crippen LogP contribution < -0.4 is 9.47 Å². The molecule has 0 atom stereocenters. The van der Waals surface area contributed by atoms with Crippen LogP contribution in [0.2, 0.25) is 0 Å². The van der Waals surface area contributed by atoms with Crippen LogP contribution in [0, 0.1) is 0 Å². The predicted molar refractivity (Wildman–Crippen MR) is 397 cm³/mol. The highest BCUT2D eigenvalue weighted by Gasteiger charge is 2.46. The average molecular weight is 1310 g/mol. The van der Waals surface area contributed by atoms with Gasteiger partial charge in [0.05, 0.1) is 29.0 Å². The molecule has 0 bridgehead atoms. The summed E-state index contributed by atoms with van der Waals surface area (Å²) in [5, 5.41) is 41.4. The molecule has 0 fully saturated rings. The SMILES string of the molecule is CC(C)(C)c1cc(C=NN=C2c3ccccc3-c3c(C(=O)OCCOc4ccc(C5(c6ccc(OCCOC(=O)c7cccc8c7-c7ccccc7C8=NN=Cc7cc(C(C)(C)C)c(O)c(C(C)(C)C)c7)cc6)c6ccccc6-c6ccccc65)cc4)cccc32)cc(C(C)(C)C)c1O. The number of nitrogens with zero attached hydrogens (tertiary/aromatic N) is 4. The number of benzene rings is 10. The first-order chi connectivity index (χ1) is 47.3. The molecule has 0 saturated heterocycles. The Morgan fingerprint density at radius 3 is 1.03 bits per heavy atom. The molecule has 0 aliphatic heterocycles. The van der Waals surface area contributed by atoms with Gasteiger partial charge >= 0.3 is 11.9 Å². The lowest BCUT2D eigenvalue weighted by Crippen LogP contribution is -2.28. The second kappa shape index (κ2) is 26.1. The monoisotopic (exact) mass is 1310 g/mol. The molecule has 0 amide bonds. The van der Waals surface area contributed by atoms with E-state index in [1.54, 1.807) is 24.6 Å². The summed E-state index contributed by atoms with van der Waals surface area (Å²) >= 11 is 0. The molecule has 498 valence electrons. The third-order valence-corrected chi connectivity index (χ3v) is 18.9. The number of esters is 2. The van der Waals surface area contributed by atoms with Crippen LogP contribution in [0.25, 0.3) is 33.4 Å². The minimum Gasteiger partial charge on any atom is -0.507 e. The van der Waals surface area contributed by atoms with Gasteiger partial charge in [-0.05, 0) is 138 Å². The largest absolute Gasteiger partial charge is 0.507 e. The third-order valence-electron chi connectivity index (χ3n) is 18.9. The van der Waals surface area contributed by atoms with Crippen LogP contribution in [0.4, 0.5) is 0 Å². The molecule has 0 unspecified atom stereocenters. The Hall–Kier alpha value is -11.0. The number of carbonyl (C=O) groups is 2. The van der Waals surface area contributed by atoms with Gasteiger partial charge in [0.15, 0.2) is 0 Å². The summed E-state index contributed by atoms with van der Waals surface area (Å²) < 4.78 is 24.5. The summed E-state index contributed by atoms with van der Waals surface area (Å²) in [6.45, 7) is 25.3. The molecule has 0 spiro atoms. The number of fused-ring (bicyclic) bond motifs is 9. The minimum atomic E-state index is -0.704. The number of hydrogen-bond donors (Lipinski definition) is 2. The summed E-state index contributed by atoms with van der Waals surface area (Å²) in [5.74, 6) is 0.909. The van der Waals surface area contributed by atoms with Crippen molar-refractivity contribution < 1.29 is 38.7 Å². The Kier molecular flexibility index (Phi) is 17.6. The van der Waals surface area contributed by atoms with E-state index in [4.69, 9.17) is 29.2 Å². The van der Waals surface area contributed by atoms with Gasteiger partial charge in [0.1, 0.15) is 60.8 Å². The maximum atomic E-state index is 14.1. The molecule has 10 aromatic carbocycles. The van der Waals surface area contributed by atoms with Crippen LogP contribution in [0.15, 0.2) is 227 Å². The molecule has 0 aromatic heterocycles. The maximum Gasteiger partial charge on any atom is 0.338 e. The average Bonchev–Trinajstić information content (AvgIpc) is 1.56. The number of phenols is 2. The first-order valence-electron chi connectivity index (χ1n) is 33.8. The fraction of sp³-hybridized carbons (Fsp3) is 0.241. The number of carbonyl (C=O) groups excluding carboxylic acids is 2. The van der Waals surface area contributed by atoms with Crippen molar-refractivity contribution in [3.63, 3.8) is 0 Å². The molecule has 12 nitrogen and oxygen atoms in total. The Labute approximate surface area is 580 Å². The summed E-state index contributed by atoms with van der Waals surface area (Å²) in [6, 6.07) is 68.2. The van der Waals surface area contributed by atoms with Gasteiger partial charge in [-0.15, -0.1) is 10.2 Å². The second-order valence-electron chi connectivity index (χ2n) is 29.7. The van der Waals surface area contributed by atoms with E-state index in [0.717, 1.165) is 111 Å². The molecule has 13 rings (SSSR count). The number of ether oxygens (including phenoxy) is 4. The predicted octanol–water partition coefficient (Wildman–Crippen LogP) is 18.8. The van der Waals surface area contributed by atoms with Gasteiger partial charge in [-0.1, -0.05) is 229 Å². The molecule has 0 heterocycles. The van der Waals surface area contributed by atoms with E-state index in [1.807, 2.05) is 121 Å². The summed E-state index contributed by atoms with van der Waals surface area (Å²) in [7, 11) is 0. The Morgan fingerprint density at radius 2 is 0.687 bits per heavy atom. The maximum absolute atomic E-state index is 14.1. The molecule has 12 heteroatoms. The highest BCUT2D eigenvalue weighted by Crippen LogP contribution is 2.56. The zero-order valence-corrected chi connectivity index (χ0v) is 58.2. The third kappa shape index (κ3) is 12.6. The molecule has 2 N–H and O–H groups in total. The standard InChI is InChI=1S/C87H82N4O8/c1-83(2,3)71-47-53(48-72(79(71)92)84(4,5)6)51-88-90-77-63-27-15-13-25-61(63)75-65(77)29-21-31-67(75)81(94)98-45-43-96-57-39-35-55(36-40-57)87(69-33-19-17-23-59(69)60-24-18-20-34-70(60)87)56-37-41-58(42-38-56)97-44-46-99-82(95)68-32-22-30-66-76(68)62-26-14-16-28-64(62)78(66)91-89-52-54-49-73(85(7,8)9)80(93)74(50-54)86(10,11)12/h13-42,47-52,92-93H,43-46H2,1-12H3. The van der Waals surface area contributed by atoms with Gasteiger partial charge in [-0.2, -0.15) is 10.2 Å². The zero-order chi connectivity index (χ0) is 69.8. The summed E-state index contributed by atoms with van der Waals surface area (Å²) in [6.07, 6.45) is 3.45. The van der Waals surface area contributed by atoms with E-state index >= 15 is 0 Å². The van der Waals surface area contributed by atoms with E-state index in [0.29, 0.717) is 45.5 Å². The van der Waals surface area contributed by atoms with E-state index < -0.39 is 17.4 Å². The first kappa shape index (κ1) is 66.6. The van der Waals surface area contributed by atoms with Gasteiger partial charge in [0, 0.05) is 55.6 Å². The van der Waals surface area contributed by atoms with Gasteiger partial charge in [0.25, 0.3) is 0 Å². The van der Waals surface area contributed by atoms with E-state index in [2.05, 4.69) is 166 Å². The van der Waals surface area contributed by atoms with Crippen LogP contribution in [0.5, 0.6) is 23.0 Å². The molecule has 0 saturated carbocycles. The minimum absolute atomic E-state index is 0.0121. The van der Waals surface area contributed by atoms with Crippen molar-refractivity contribution in [1.82, 2.24) is 0 Å². The van der Waals surface area contributed by atoms with Crippen molar-refractivity contribution in [2.45, 2.75) is 110 Å². The summed E-state index contributed by atoms with van der Waals surface area (Å²) in [4.78, 5) is 28.1. The Morgan fingerprint density at radius 1 is 0.374 bits per heavy atom. The highest BCUT2D eigenvalue weighted by atomic mass is 16.6. The van der Waals surface area contributed by atoms with Crippen molar-refractivity contribution in [3.05, 3.63) is 295 Å². The lowest BCUT2D eigenvalue weighted by Gasteiger charge is -2.34. The Balaban J connectivity index is 0.679. The topological polar surface area (TPSA) is 161 Å². The fourth-order valence-corrected chi connectivity index (χ4v) is 14.2. The van der Waals surface area contributed by atoms with Crippen LogP contribution in [-0.2, 0) is 36.5 Å². The lowest BCUT2D eigenvalue weighted by atomic mass is 9.68. The summed E-state index contributed by atoms with van der Waals surface area (Å²) in [5.41, 5.74) is 18.4. The van der Waals surface area contributed by atoms with Crippen LogP contribution >= 0.6 is 0 Å². The quantitative estimate of drug-likeness (QED) is 0.0418. The molecular weight excluding hydrogens is 1230 g/mol. The molecule has 99 heavy (non-hydrogen) atoms. The van der Waals surface area contributed by atoms with E-state index in [9.17, 15) is 19.8 Å². The van der Waals surface area contributed by atoms with Crippen molar-refractivity contribution >= 4 is 35.8 Å². The zero-order valence-electron chi connectivity index (χ0n) is 58.2. The van der Waals surface area contributed by atoms with E-state index in [-0.39, 0.29) is 48.1 Å². The first-order valence-corrected chi connectivity index (χ1v) is 33.8. The number of phenolic OH excluding ortho intramolecular Hbond substituents is 2. The number of hydrogen-bond acceptors (Lipinski definition) is 12. The van der Waals surface area contributed by atoms with Crippen LogP contribution in [-0.4, -0.2) is 72.4 Å². The number of rotatable bonds is 16.